The second kappa shape index (κ2) is 5.51. The third kappa shape index (κ3) is 3.72. The van der Waals surface area contributed by atoms with E-state index in [1.807, 2.05) is 25.1 Å². The molecule has 2 N–H and O–H groups in total. The van der Waals surface area contributed by atoms with Crippen molar-refractivity contribution < 1.29 is 15.0 Å². The maximum Gasteiger partial charge on any atom is 0.303 e. The normalized spacial score (nSPS) is 10.3. The highest BCUT2D eigenvalue weighted by atomic mass is 16.4. The second-order valence-electron chi connectivity index (χ2n) is 3.63. The van der Waals surface area contributed by atoms with Gasteiger partial charge in [0, 0.05) is 13.0 Å². The van der Waals surface area contributed by atoms with Crippen LogP contribution in [0.2, 0.25) is 0 Å². The minimum atomic E-state index is -0.778. The summed E-state index contributed by atoms with van der Waals surface area (Å²) >= 11 is 0. The van der Waals surface area contributed by atoms with E-state index < -0.39 is 5.97 Å². The van der Waals surface area contributed by atoms with Gasteiger partial charge in [-0.15, -0.1) is 0 Å². The van der Waals surface area contributed by atoms with Crippen LogP contribution in [0.4, 0.5) is 0 Å². The molecule has 0 aromatic heterocycles. The molecule has 3 heteroatoms. The van der Waals surface area contributed by atoms with E-state index in [0.717, 1.165) is 16.7 Å². The zero-order valence-electron chi connectivity index (χ0n) is 8.86. The molecule has 0 heterocycles. The molecule has 0 saturated carbocycles. The standard InChI is InChI=1S/C12H16O3/c1-9-2-3-10(4-5-12(14)15)8-11(9)6-7-13/h2-3,8,13H,4-7H2,1H3,(H,14,15). The number of hydrogen-bond donors (Lipinski definition) is 2. The molecule has 0 saturated heterocycles. The van der Waals surface area contributed by atoms with E-state index in [4.69, 9.17) is 10.2 Å². The van der Waals surface area contributed by atoms with Crippen molar-refractivity contribution in [3.63, 3.8) is 0 Å². The average molecular weight is 208 g/mol. The number of aliphatic hydroxyl groups excluding tert-OH is 1. The Hall–Kier alpha value is -1.35. The Labute approximate surface area is 89.4 Å². The molecule has 82 valence electrons. The fraction of sp³-hybridized carbons (Fsp3) is 0.417. The number of aliphatic carboxylic acids is 1. The van der Waals surface area contributed by atoms with Gasteiger partial charge in [0.05, 0.1) is 0 Å². The molecule has 1 rings (SSSR count). The van der Waals surface area contributed by atoms with E-state index in [1.54, 1.807) is 0 Å². The zero-order chi connectivity index (χ0) is 11.3. The van der Waals surface area contributed by atoms with Gasteiger partial charge in [-0.3, -0.25) is 4.79 Å². The summed E-state index contributed by atoms with van der Waals surface area (Å²) in [7, 11) is 0. The van der Waals surface area contributed by atoms with Gasteiger partial charge in [0.2, 0.25) is 0 Å². The van der Waals surface area contributed by atoms with Gasteiger partial charge in [0.25, 0.3) is 0 Å². The van der Waals surface area contributed by atoms with E-state index in [1.165, 1.54) is 0 Å². The summed E-state index contributed by atoms with van der Waals surface area (Å²) in [5.41, 5.74) is 3.26. The number of hydrogen-bond acceptors (Lipinski definition) is 2. The molecular weight excluding hydrogens is 192 g/mol. The number of rotatable bonds is 5. The summed E-state index contributed by atoms with van der Waals surface area (Å²) < 4.78 is 0. The van der Waals surface area contributed by atoms with Crippen LogP contribution in [0, 0.1) is 6.92 Å². The highest BCUT2D eigenvalue weighted by Crippen LogP contribution is 2.13. The summed E-state index contributed by atoms with van der Waals surface area (Å²) in [4.78, 5) is 10.4. The van der Waals surface area contributed by atoms with Crippen molar-refractivity contribution >= 4 is 5.97 Å². The van der Waals surface area contributed by atoms with Crippen molar-refractivity contribution in [1.29, 1.82) is 0 Å². The Morgan fingerprint density at radius 1 is 1.33 bits per heavy atom. The number of carbonyl (C=O) groups is 1. The SMILES string of the molecule is Cc1ccc(CCC(=O)O)cc1CCO. The van der Waals surface area contributed by atoms with Crippen molar-refractivity contribution in [1.82, 2.24) is 0 Å². The third-order valence-corrected chi connectivity index (χ3v) is 2.42. The first-order chi connectivity index (χ1) is 7.13. The van der Waals surface area contributed by atoms with Crippen molar-refractivity contribution in [2.45, 2.75) is 26.2 Å². The lowest BCUT2D eigenvalue weighted by Crippen LogP contribution is -2.00. The van der Waals surface area contributed by atoms with Crippen molar-refractivity contribution in [2.24, 2.45) is 0 Å². The monoisotopic (exact) mass is 208 g/mol. The van der Waals surface area contributed by atoms with Crippen molar-refractivity contribution in [3.8, 4) is 0 Å². The van der Waals surface area contributed by atoms with Gasteiger partial charge in [0.15, 0.2) is 0 Å². The lowest BCUT2D eigenvalue weighted by atomic mass is 10.0. The minimum Gasteiger partial charge on any atom is -0.481 e. The van der Waals surface area contributed by atoms with Gasteiger partial charge in [-0.2, -0.15) is 0 Å². The highest BCUT2D eigenvalue weighted by molar-refractivity contribution is 5.67. The van der Waals surface area contributed by atoms with Crippen LogP contribution in [0.25, 0.3) is 0 Å². The number of benzene rings is 1. The molecular formula is C12H16O3. The lowest BCUT2D eigenvalue weighted by molar-refractivity contribution is -0.136. The molecule has 0 radical (unpaired) electrons. The van der Waals surface area contributed by atoms with E-state index >= 15 is 0 Å². The molecule has 0 amide bonds. The molecule has 1 aromatic rings. The molecule has 0 bridgehead atoms. The fourth-order valence-electron chi connectivity index (χ4n) is 1.52. The molecule has 0 aliphatic carbocycles. The number of carboxylic acid groups (broad SMARTS) is 1. The van der Waals surface area contributed by atoms with Crippen LogP contribution in [-0.2, 0) is 17.6 Å². The smallest absolute Gasteiger partial charge is 0.303 e. The first-order valence-corrected chi connectivity index (χ1v) is 5.04. The van der Waals surface area contributed by atoms with Gasteiger partial charge in [-0.25, -0.2) is 0 Å². The van der Waals surface area contributed by atoms with Crippen LogP contribution in [0.5, 0.6) is 0 Å². The van der Waals surface area contributed by atoms with Crippen LogP contribution in [-0.4, -0.2) is 22.8 Å². The quantitative estimate of drug-likeness (QED) is 0.771. The average Bonchev–Trinajstić information content (AvgIpc) is 2.19. The first-order valence-electron chi connectivity index (χ1n) is 5.04. The van der Waals surface area contributed by atoms with E-state index in [-0.39, 0.29) is 13.0 Å². The van der Waals surface area contributed by atoms with Gasteiger partial charge < -0.3 is 10.2 Å². The minimum absolute atomic E-state index is 0.128. The summed E-state index contributed by atoms with van der Waals surface area (Å²) in [6.07, 6.45) is 1.34. The van der Waals surface area contributed by atoms with Gasteiger partial charge in [-0.05, 0) is 36.5 Å². The van der Waals surface area contributed by atoms with E-state index in [2.05, 4.69) is 0 Å². The van der Waals surface area contributed by atoms with Gasteiger partial charge >= 0.3 is 5.97 Å². The third-order valence-electron chi connectivity index (χ3n) is 2.42. The summed E-state index contributed by atoms with van der Waals surface area (Å²) in [6, 6.07) is 5.90. The molecule has 0 aliphatic rings. The van der Waals surface area contributed by atoms with Crippen LogP contribution >= 0.6 is 0 Å². The first kappa shape index (κ1) is 11.7. The van der Waals surface area contributed by atoms with Crippen LogP contribution in [0.15, 0.2) is 18.2 Å². The molecule has 3 nitrogen and oxygen atoms in total. The lowest BCUT2D eigenvalue weighted by Gasteiger charge is -2.06. The molecule has 0 aliphatic heterocycles. The largest absolute Gasteiger partial charge is 0.481 e. The summed E-state index contributed by atoms with van der Waals surface area (Å²) in [5, 5.41) is 17.4. The second-order valence-corrected chi connectivity index (χ2v) is 3.63. The zero-order valence-corrected chi connectivity index (χ0v) is 8.86. The van der Waals surface area contributed by atoms with Crippen LogP contribution in [0.1, 0.15) is 23.1 Å². The molecule has 1 aromatic carbocycles. The Balaban J connectivity index is 2.73. The Morgan fingerprint density at radius 3 is 2.67 bits per heavy atom. The number of carboxylic acids is 1. The molecule has 0 fully saturated rings. The maximum absolute atomic E-state index is 10.4. The van der Waals surface area contributed by atoms with E-state index in [0.29, 0.717) is 12.8 Å². The topological polar surface area (TPSA) is 57.5 Å². The Morgan fingerprint density at radius 2 is 2.07 bits per heavy atom. The van der Waals surface area contributed by atoms with Crippen molar-refractivity contribution in [2.75, 3.05) is 6.61 Å². The predicted octanol–water partition coefficient (Wildman–Crippen LogP) is 1.55. The predicted molar refractivity (Wildman–Crippen MR) is 57.9 cm³/mol. The molecule has 0 unspecified atom stereocenters. The van der Waals surface area contributed by atoms with Crippen LogP contribution in [0.3, 0.4) is 0 Å². The van der Waals surface area contributed by atoms with E-state index in [9.17, 15) is 4.79 Å². The molecule has 0 spiro atoms. The van der Waals surface area contributed by atoms with Crippen LogP contribution < -0.4 is 0 Å². The molecule has 0 atom stereocenters. The Bertz CT molecular complexity index is 345. The van der Waals surface area contributed by atoms with Crippen molar-refractivity contribution in [3.05, 3.63) is 34.9 Å². The Kier molecular flexibility index (Phi) is 4.31. The molecule has 15 heavy (non-hydrogen) atoms. The highest BCUT2D eigenvalue weighted by Gasteiger charge is 2.02. The maximum atomic E-state index is 10.4. The summed E-state index contributed by atoms with van der Waals surface area (Å²) in [5.74, 6) is -0.778. The summed E-state index contributed by atoms with van der Waals surface area (Å²) in [6.45, 7) is 2.12. The van der Waals surface area contributed by atoms with Gasteiger partial charge in [-0.1, -0.05) is 18.2 Å². The van der Waals surface area contributed by atoms with Gasteiger partial charge in [0.1, 0.15) is 0 Å². The number of aliphatic hydroxyl groups is 1. The number of aryl methyl sites for hydroxylation is 2. The fourth-order valence-corrected chi connectivity index (χ4v) is 1.52.